The predicted molar refractivity (Wildman–Crippen MR) is 90.7 cm³/mol. The van der Waals surface area contributed by atoms with E-state index < -0.39 is 0 Å². The van der Waals surface area contributed by atoms with Gasteiger partial charge in [-0.25, -0.2) is 0 Å². The van der Waals surface area contributed by atoms with Crippen LogP contribution in [0.3, 0.4) is 0 Å². The Kier molecular flexibility index (Phi) is 3.98. The van der Waals surface area contributed by atoms with Crippen molar-refractivity contribution < 1.29 is 9.21 Å². The first-order valence-electron chi connectivity index (χ1n) is 7.42. The summed E-state index contributed by atoms with van der Waals surface area (Å²) in [6.45, 7) is 3.91. The summed E-state index contributed by atoms with van der Waals surface area (Å²) in [5, 5.41) is 3.39. The molecule has 4 nitrogen and oxygen atoms in total. The topological polar surface area (TPSA) is 59.3 Å². The minimum Gasteiger partial charge on any atom is -0.460 e. The number of carbonyl (C=O) groups excluding carboxylic acids is 1. The second kappa shape index (κ2) is 6.08. The molecule has 1 amide bonds. The summed E-state index contributed by atoms with van der Waals surface area (Å²) < 4.78 is 5.64. The summed E-state index contributed by atoms with van der Waals surface area (Å²) in [4.78, 5) is 24.3. The molecule has 0 aliphatic rings. The third kappa shape index (κ3) is 3.31. The van der Waals surface area contributed by atoms with Gasteiger partial charge in [0.2, 0.25) is 5.91 Å². The summed E-state index contributed by atoms with van der Waals surface area (Å²) >= 11 is 0. The molecule has 0 atom stereocenters. The molecule has 4 heteroatoms. The molecule has 0 spiro atoms. The van der Waals surface area contributed by atoms with Gasteiger partial charge in [-0.3, -0.25) is 9.59 Å². The quantitative estimate of drug-likeness (QED) is 0.804. The average Bonchev–Trinajstić information content (AvgIpc) is 2.51. The highest BCUT2D eigenvalue weighted by Gasteiger charge is 2.10. The van der Waals surface area contributed by atoms with Crippen LogP contribution >= 0.6 is 0 Å². The minimum atomic E-state index is -0.211. The molecule has 23 heavy (non-hydrogen) atoms. The molecule has 1 N–H and O–H groups in total. The number of hydrogen-bond donors (Lipinski definition) is 1. The van der Waals surface area contributed by atoms with Crippen molar-refractivity contribution in [2.45, 2.75) is 20.3 Å². The molecule has 0 unspecified atom stereocenters. The molecule has 0 bridgehead atoms. The molecule has 1 heterocycles. The van der Waals surface area contributed by atoms with Gasteiger partial charge in [-0.15, -0.1) is 0 Å². The Hall–Kier alpha value is -2.88. The number of anilines is 1. The highest BCUT2D eigenvalue weighted by molar-refractivity contribution is 5.93. The fourth-order valence-corrected chi connectivity index (χ4v) is 2.46. The zero-order valence-electron chi connectivity index (χ0n) is 13.1. The van der Waals surface area contributed by atoms with Gasteiger partial charge in [0, 0.05) is 11.8 Å². The monoisotopic (exact) mass is 307 g/mol. The largest absolute Gasteiger partial charge is 0.460 e. The number of carbonyl (C=O) groups is 1. The number of aryl methyl sites for hydroxylation is 2. The fourth-order valence-electron chi connectivity index (χ4n) is 2.46. The van der Waals surface area contributed by atoms with Gasteiger partial charge in [0.25, 0.3) is 0 Å². The van der Waals surface area contributed by atoms with E-state index >= 15 is 0 Å². The van der Waals surface area contributed by atoms with Crippen molar-refractivity contribution in [3.05, 3.63) is 75.6 Å². The van der Waals surface area contributed by atoms with Gasteiger partial charge < -0.3 is 9.73 Å². The number of para-hydroxylation sites is 1. The lowest BCUT2D eigenvalue weighted by molar-refractivity contribution is -0.115. The van der Waals surface area contributed by atoms with Gasteiger partial charge in [0.1, 0.15) is 11.3 Å². The second-order valence-corrected chi connectivity index (χ2v) is 5.62. The van der Waals surface area contributed by atoms with Crippen LogP contribution in [0.1, 0.15) is 16.9 Å². The van der Waals surface area contributed by atoms with Crippen LogP contribution in [0.5, 0.6) is 0 Å². The summed E-state index contributed by atoms with van der Waals surface area (Å²) in [5.74, 6) is 0.147. The highest BCUT2D eigenvalue weighted by atomic mass is 16.3. The van der Waals surface area contributed by atoms with Crippen molar-refractivity contribution in [2.75, 3.05) is 5.32 Å². The Morgan fingerprint density at radius 2 is 1.87 bits per heavy atom. The maximum Gasteiger partial charge on any atom is 0.232 e. The number of nitrogens with one attached hydrogen (secondary N) is 1. The summed E-state index contributed by atoms with van der Waals surface area (Å²) in [5.41, 5.74) is 3.20. The van der Waals surface area contributed by atoms with Crippen molar-refractivity contribution in [1.29, 1.82) is 0 Å². The summed E-state index contributed by atoms with van der Waals surface area (Å²) in [6.07, 6.45) is 0.0213. The maximum absolute atomic E-state index is 12.2. The van der Waals surface area contributed by atoms with E-state index in [9.17, 15) is 9.59 Å². The molecule has 0 fully saturated rings. The number of rotatable bonds is 3. The van der Waals surface area contributed by atoms with Gasteiger partial charge >= 0.3 is 0 Å². The molecular formula is C19H17NO3. The van der Waals surface area contributed by atoms with Crippen LogP contribution in [0.2, 0.25) is 0 Å². The van der Waals surface area contributed by atoms with Gasteiger partial charge in [0.05, 0.1) is 11.8 Å². The second-order valence-electron chi connectivity index (χ2n) is 5.62. The zero-order chi connectivity index (χ0) is 16.4. The first-order chi connectivity index (χ1) is 11.0. The number of benzene rings is 2. The number of hydrogen-bond acceptors (Lipinski definition) is 3. The first kappa shape index (κ1) is 15.0. The van der Waals surface area contributed by atoms with Crippen LogP contribution in [0, 0.1) is 13.8 Å². The van der Waals surface area contributed by atoms with Crippen LogP contribution in [-0.2, 0) is 11.2 Å². The lowest BCUT2D eigenvalue weighted by Gasteiger charge is -2.09. The smallest absolute Gasteiger partial charge is 0.232 e. The van der Waals surface area contributed by atoms with Crippen LogP contribution < -0.4 is 10.7 Å². The molecule has 0 radical (unpaired) electrons. The molecule has 0 saturated carbocycles. The van der Waals surface area contributed by atoms with E-state index in [1.165, 1.54) is 6.07 Å². The Labute approximate surface area is 133 Å². The van der Waals surface area contributed by atoms with Crippen molar-refractivity contribution in [3.63, 3.8) is 0 Å². The van der Waals surface area contributed by atoms with Gasteiger partial charge in [-0.2, -0.15) is 0 Å². The van der Waals surface area contributed by atoms with E-state index in [1.54, 1.807) is 24.3 Å². The van der Waals surface area contributed by atoms with Crippen molar-refractivity contribution in [3.8, 4) is 0 Å². The SMILES string of the molecule is Cc1ccc(C)c(NC(=O)Cc2cc(=O)c3ccccc3o2)c1. The molecular weight excluding hydrogens is 290 g/mol. The molecule has 0 saturated heterocycles. The van der Waals surface area contributed by atoms with E-state index in [4.69, 9.17) is 4.42 Å². The number of fused-ring (bicyclic) bond motifs is 1. The fraction of sp³-hybridized carbons (Fsp3) is 0.158. The lowest BCUT2D eigenvalue weighted by Crippen LogP contribution is -2.16. The standard InChI is InChI=1S/C19H17NO3/c1-12-7-8-13(2)16(9-12)20-19(22)11-14-10-17(21)15-5-3-4-6-18(15)23-14/h3-10H,11H2,1-2H3,(H,20,22). The third-order valence-corrected chi connectivity index (χ3v) is 3.69. The van der Waals surface area contributed by atoms with Gasteiger partial charge in [-0.05, 0) is 43.2 Å². The Morgan fingerprint density at radius 3 is 2.70 bits per heavy atom. The first-order valence-corrected chi connectivity index (χ1v) is 7.42. The molecule has 116 valence electrons. The number of amides is 1. The van der Waals surface area contributed by atoms with Crippen molar-refractivity contribution >= 4 is 22.6 Å². The van der Waals surface area contributed by atoms with E-state index in [2.05, 4.69) is 5.32 Å². The average molecular weight is 307 g/mol. The predicted octanol–water partition coefficient (Wildman–Crippen LogP) is 3.59. The maximum atomic E-state index is 12.2. The van der Waals surface area contributed by atoms with Crippen molar-refractivity contribution in [1.82, 2.24) is 0 Å². The zero-order valence-corrected chi connectivity index (χ0v) is 13.1. The third-order valence-electron chi connectivity index (χ3n) is 3.69. The van der Waals surface area contributed by atoms with Crippen LogP contribution in [-0.4, -0.2) is 5.91 Å². The van der Waals surface area contributed by atoms with Crippen LogP contribution in [0.25, 0.3) is 11.0 Å². The van der Waals surface area contributed by atoms with E-state index in [1.807, 2.05) is 32.0 Å². The lowest BCUT2D eigenvalue weighted by atomic mass is 10.1. The Balaban J connectivity index is 1.83. The van der Waals surface area contributed by atoms with Crippen LogP contribution in [0.15, 0.2) is 57.7 Å². The van der Waals surface area contributed by atoms with Gasteiger partial charge in [-0.1, -0.05) is 24.3 Å². The Morgan fingerprint density at radius 1 is 1.09 bits per heavy atom. The normalized spacial score (nSPS) is 10.7. The van der Waals surface area contributed by atoms with Crippen LogP contribution in [0.4, 0.5) is 5.69 Å². The molecule has 1 aromatic heterocycles. The Bertz CT molecular complexity index is 941. The molecule has 3 rings (SSSR count). The highest BCUT2D eigenvalue weighted by Crippen LogP contribution is 2.17. The summed E-state index contributed by atoms with van der Waals surface area (Å²) in [7, 11) is 0. The minimum absolute atomic E-state index is 0.0213. The van der Waals surface area contributed by atoms with E-state index in [-0.39, 0.29) is 17.8 Å². The molecule has 3 aromatic rings. The van der Waals surface area contributed by atoms with E-state index in [0.717, 1.165) is 16.8 Å². The molecule has 0 aliphatic heterocycles. The summed E-state index contributed by atoms with van der Waals surface area (Å²) in [6, 6.07) is 14.3. The van der Waals surface area contributed by atoms with E-state index in [0.29, 0.717) is 16.7 Å². The molecule has 0 aliphatic carbocycles. The molecule has 2 aromatic carbocycles. The van der Waals surface area contributed by atoms with Crippen molar-refractivity contribution in [2.24, 2.45) is 0 Å². The van der Waals surface area contributed by atoms with Gasteiger partial charge in [0.15, 0.2) is 5.43 Å².